The van der Waals surface area contributed by atoms with Crippen LogP contribution >= 0.6 is 23.5 Å². The number of hydrogen-bond donors (Lipinski definition) is 7. The molecule has 7 atom stereocenters. The van der Waals surface area contributed by atoms with E-state index < -0.39 is 73.4 Å². The van der Waals surface area contributed by atoms with Crippen LogP contribution in [0.1, 0.15) is 49.8 Å². The average molecular weight is 746 g/mol. The number of aliphatic hydroxyl groups excluding tert-OH is 2. The van der Waals surface area contributed by atoms with Crippen LogP contribution in [-0.4, -0.2) is 98.7 Å². The number of carbonyl (C=O) groups is 1. The Morgan fingerprint density at radius 2 is 1.69 bits per heavy atom. The average Bonchev–Trinajstić information content (AvgIpc) is 3.29. The molecule has 22 heteroatoms. The van der Waals surface area contributed by atoms with Gasteiger partial charge in [0.05, 0.1) is 39.1 Å². The highest BCUT2D eigenvalue weighted by Gasteiger charge is 2.52. The molecule has 2 fully saturated rings. The van der Waals surface area contributed by atoms with Crippen LogP contribution in [0, 0.1) is 5.41 Å². The number of hydrogen-bond acceptors (Lipinski definition) is 14. The van der Waals surface area contributed by atoms with E-state index in [4.69, 9.17) is 37.3 Å². The number of benzene rings is 1. The molecule has 3 rings (SSSR count). The number of unbranched alkanes of at least 4 members (excludes halogenated alkanes) is 1. The number of phosphoric acid groups is 3. The molecular weight excluding hydrogens is 703 g/mol. The van der Waals surface area contributed by atoms with Crippen molar-refractivity contribution < 1.29 is 75.3 Å². The number of nitrogens with zero attached hydrogens (tertiary/aromatic N) is 1. The van der Waals surface area contributed by atoms with Crippen LogP contribution in [0.25, 0.3) is 6.08 Å². The largest absolute Gasteiger partial charge is 0.472 e. The van der Waals surface area contributed by atoms with Gasteiger partial charge in [0.25, 0.3) is 0 Å². The number of amidine groups is 1. The monoisotopic (exact) mass is 745 g/mol. The molecule has 0 aliphatic carbocycles. The number of aliphatic hydroxyl groups is 2. The van der Waals surface area contributed by atoms with Crippen LogP contribution in [0.2, 0.25) is 0 Å². The van der Waals surface area contributed by atoms with Crippen molar-refractivity contribution in [2.75, 3.05) is 26.4 Å². The van der Waals surface area contributed by atoms with Crippen molar-refractivity contribution in [2.24, 2.45) is 0 Å². The number of phosphoric ester groups is 3. The minimum Gasteiger partial charge on any atom is -0.392 e. The number of amides is 2. The van der Waals surface area contributed by atoms with Gasteiger partial charge in [0.15, 0.2) is 6.23 Å². The first kappa shape index (κ1) is 40.5. The van der Waals surface area contributed by atoms with E-state index in [1.807, 2.05) is 0 Å². The highest BCUT2D eigenvalue weighted by atomic mass is 31.2. The maximum Gasteiger partial charge on any atom is 0.472 e. The summed E-state index contributed by atoms with van der Waals surface area (Å²) in [5.74, 6) is -0.0664. The molecule has 19 nitrogen and oxygen atoms in total. The first-order valence-electron chi connectivity index (χ1n) is 14.7. The lowest BCUT2D eigenvalue weighted by Gasteiger charge is -2.33. The van der Waals surface area contributed by atoms with Gasteiger partial charge in [-0.25, -0.2) is 18.5 Å². The van der Waals surface area contributed by atoms with Crippen LogP contribution in [-0.2, 0) is 58.8 Å². The molecule has 48 heavy (non-hydrogen) atoms. The van der Waals surface area contributed by atoms with Gasteiger partial charge in [-0.3, -0.25) is 42.8 Å². The molecule has 0 aromatic heterocycles. The van der Waals surface area contributed by atoms with Gasteiger partial charge in [-0.2, -0.15) is 0 Å². The van der Waals surface area contributed by atoms with Gasteiger partial charge in [-0.05, 0) is 55.5 Å². The van der Waals surface area contributed by atoms with Gasteiger partial charge in [0.2, 0.25) is 0 Å². The second kappa shape index (κ2) is 17.9. The van der Waals surface area contributed by atoms with Gasteiger partial charge in [-0.1, -0.05) is 18.7 Å². The normalized spacial score (nSPS) is 25.4. The summed E-state index contributed by atoms with van der Waals surface area (Å²) in [5.41, 5.74) is 1.75. The van der Waals surface area contributed by atoms with Crippen molar-refractivity contribution >= 4 is 41.4 Å². The van der Waals surface area contributed by atoms with E-state index in [-0.39, 0.29) is 51.5 Å². The molecular formula is C26H42N3O16P3. The Balaban J connectivity index is 1.51. The zero-order chi connectivity index (χ0) is 35.7. The van der Waals surface area contributed by atoms with Crippen LogP contribution in [0.3, 0.4) is 0 Å². The predicted molar refractivity (Wildman–Crippen MR) is 167 cm³/mol. The van der Waals surface area contributed by atoms with Crippen LogP contribution < -0.4 is 5.32 Å². The summed E-state index contributed by atoms with van der Waals surface area (Å²) in [5, 5.41) is 30.2. The fraction of sp³-hybridized carbons (Fsp3) is 0.615. The molecule has 2 aliphatic rings. The quantitative estimate of drug-likeness (QED) is 0.0747. The fourth-order valence-electron chi connectivity index (χ4n) is 4.57. The summed E-state index contributed by atoms with van der Waals surface area (Å²) in [6, 6.07) is 4.16. The second-order valence-electron chi connectivity index (χ2n) is 10.9. The van der Waals surface area contributed by atoms with E-state index in [0.717, 1.165) is 4.90 Å². The maximum absolute atomic E-state index is 12.8. The molecule has 2 aliphatic heterocycles. The van der Waals surface area contributed by atoms with Gasteiger partial charge in [0.1, 0.15) is 24.1 Å². The molecule has 1 aromatic carbocycles. The molecule has 0 radical (unpaired) electrons. The Morgan fingerprint density at radius 3 is 2.29 bits per heavy atom. The van der Waals surface area contributed by atoms with E-state index in [1.165, 1.54) is 13.8 Å². The predicted octanol–water partition coefficient (Wildman–Crippen LogP) is 2.76. The zero-order valence-corrected chi connectivity index (χ0v) is 29.0. The Morgan fingerprint density at radius 1 is 1.04 bits per heavy atom. The second-order valence-corrected chi connectivity index (χ2v) is 15.2. The van der Waals surface area contributed by atoms with Crippen LogP contribution in [0.15, 0.2) is 24.8 Å². The summed E-state index contributed by atoms with van der Waals surface area (Å²) >= 11 is 0. The highest BCUT2D eigenvalue weighted by Crippen LogP contribution is 2.50. The van der Waals surface area contributed by atoms with Crippen LogP contribution in [0.4, 0.5) is 4.79 Å². The number of nitrogens with one attached hydrogen (secondary N) is 2. The summed E-state index contributed by atoms with van der Waals surface area (Å²) < 4.78 is 72.8. The lowest BCUT2D eigenvalue weighted by molar-refractivity contribution is -0.0794. The van der Waals surface area contributed by atoms with E-state index in [9.17, 15) is 43.4 Å². The summed E-state index contributed by atoms with van der Waals surface area (Å²) in [7, 11) is -14.0. The van der Waals surface area contributed by atoms with Crippen molar-refractivity contribution in [3.05, 3.63) is 41.5 Å². The van der Waals surface area contributed by atoms with E-state index in [0.29, 0.717) is 16.7 Å². The van der Waals surface area contributed by atoms with Crippen LogP contribution in [0.5, 0.6) is 0 Å². The van der Waals surface area contributed by atoms with E-state index in [2.05, 4.69) is 11.9 Å². The SMILES string of the molecule is C=Cc1cc(CO)cc(COP(=O)(O)OCCCCOP(=O)(O)OC2[C@@H](COP(=O)(O)OC(C)C)O[C@@H](N3CCC(=N)NC3=O)[C@H]2O)c1. The topological polar surface area (TPSA) is 273 Å². The fourth-order valence-corrected chi connectivity index (χ4v) is 7.24. The molecule has 0 bridgehead atoms. The number of carbonyl (C=O) groups excluding carboxylic acids is 1. The molecule has 2 amide bonds. The Hall–Kier alpha value is -1.89. The Labute approximate surface area is 277 Å². The first-order chi connectivity index (χ1) is 22.4. The molecule has 0 spiro atoms. The number of rotatable bonds is 20. The molecule has 7 N–H and O–H groups in total. The Bertz CT molecular complexity index is 1430. The van der Waals surface area contributed by atoms with E-state index in [1.54, 1.807) is 24.3 Å². The molecule has 0 saturated carbocycles. The number of urea groups is 1. The Kier molecular flexibility index (Phi) is 15.1. The van der Waals surface area contributed by atoms with Crippen molar-refractivity contribution in [3.8, 4) is 0 Å². The summed E-state index contributed by atoms with van der Waals surface area (Å²) in [6.07, 6.45) is -5.27. The van der Waals surface area contributed by atoms with Gasteiger partial charge in [-0.15, -0.1) is 0 Å². The number of ether oxygens (including phenoxy) is 1. The molecule has 272 valence electrons. The standard InChI is InChI=1S/C26H42N3O16P3/c1-4-18-11-19(14-30)13-20(12-18)15-41-46(33,34)39-9-5-6-10-40-47(35,36)45-24-21(16-42-48(37,38)44-17(2)3)43-25(23(24)31)29-8-7-22(27)28-26(29)32/h4,11-13,17,21,23-25,30-31H,1,5-10,14-16H2,2-3H3,(H,33,34)(H,35,36)(H,37,38)(H2,27,28,32)/t21-,23+,24?,25-/m1/s1. The molecule has 2 saturated heterocycles. The highest BCUT2D eigenvalue weighted by molar-refractivity contribution is 7.47. The third kappa shape index (κ3) is 12.8. The third-order valence-corrected chi connectivity index (χ3v) is 9.82. The molecule has 4 unspecified atom stereocenters. The van der Waals surface area contributed by atoms with Crippen molar-refractivity contribution in [3.63, 3.8) is 0 Å². The minimum atomic E-state index is -4.94. The summed E-state index contributed by atoms with van der Waals surface area (Å²) in [4.78, 5) is 43.8. The third-order valence-electron chi connectivity index (χ3n) is 6.67. The van der Waals surface area contributed by atoms with Crippen molar-refractivity contribution in [1.29, 1.82) is 5.41 Å². The molecule has 2 heterocycles. The first-order valence-corrected chi connectivity index (χ1v) is 19.2. The van der Waals surface area contributed by atoms with Crippen molar-refractivity contribution in [2.45, 2.75) is 77.0 Å². The smallest absolute Gasteiger partial charge is 0.392 e. The lowest BCUT2D eigenvalue weighted by atomic mass is 10.1. The molecule has 1 aromatic rings. The van der Waals surface area contributed by atoms with E-state index >= 15 is 0 Å². The zero-order valence-electron chi connectivity index (χ0n) is 26.3. The van der Waals surface area contributed by atoms with Crippen molar-refractivity contribution in [1.82, 2.24) is 10.2 Å². The maximum atomic E-state index is 12.8. The summed E-state index contributed by atoms with van der Waals surface area (Å²) in [6.45, 7) is 4.60. The van der Waals surface area contributed by atoms with Gasteiger partial charge >= 0.3 is 29.5 Å². The lowest BCUT2D eigenvalue weighted by Crippen LogP contribution is -2.56. The van der Waals surface area contributed by atoms with Gasteiger partial charge in [0, 0.05) is 13.0 Å². The van der Waals surface area contributed by atoms with Gasteiger partial charge < -0.3 is 29.6 Å². The minimum absolute atomic E-state index is 0.0457.